The SMILES string of the molecule is CCC(C)NC(=O)CCNC(=O)CNCCOC. The number of amides is 2. The number of rotatable bonds is 10. The number of carbonyl (C=O) groups is 2. The van der Waals surface area contributed by atoms with E-state index in [-0.39, 0.29) is 24.4 Å². The fourth-order valence-corrected chi connectivity index (χ4v) is 1.20. The van der Waals surface area contributed by atoms with E-state index in [9.17, 15) is 9.59 Å². The van der Waals surface area contributed by atoms with Crippen LogP contribution in [0.1, 0.15) is 26.7 Å². The van der Waals surface area contributed by atoms with Crippen molar-refractivity contribution in [1.82, 2.24) is 16.0 Å². The molecule has 0 aromatic rings. The van der Waals surface area contributed by atoms with Crippen LogP contribution in [-0.2, 0) is 14.3 Å². The summed E-state index contributed by atoms with van der Waals surface area (Å²) in [6, 6.07) is 0.184. The van der Waals surface area contributed by atoms with Gasteiger partial charge in [0, 0.05) is 32.7 Å². The summed E-state index contributed by atoms with van der Waals surface area (Å²) in [6.07, 6.45) is 1.22. The van der Waals surface area contributed by atoms with Crippen LogP contribution in [0.3, 0.4) is 0 Å². The van der Waals surface area contributed by atoms with Gasteiger partial charge in [0.15, 0.2) is 0 Å². The zero-order valence-corrected chi connectivity index (χ0v) is 11.5. The van der Waals surface area contributed by atoms with E-state index in [1.54, 1.807) is 7.11 Å². The van der Waals surface area contributed by atoms with Gasteiger partial charge in [-0.3, -0.25) is 9.59 Å². The zero-order chi connectivity index (χ0) is 13.8. The summed E-state index contributed by atoms with van der Waals surface area (Å²) in [5, 5.41) is 8.45. The molecule has 0 heterocycles. The molecule has 1 unspecified atom stereocenters. The van der Waals surface area contributed by atoms with Gasteiger partial charge >= 0.3 is 0 Å². The molecule has 0 bridgehead atoms. The molecule has 0 fully saturated rings. The standard InChI is InChI=1S/C12H25N3O3/c1-4-10(2)15-11(16)5-6-14-12(17)9-13-7-8-18-3/h10,13H,4-9H2,1-3H3,(H,14,17)(H,15,16). The Morgan fingerprint density at radius 2 is 1.94 bits per heavy atom. The number of carbonyl (C=O) groups excluding carboxylic acids is 2. The highest BCUT2D eigenvalue weighted by atomic mass is 16.5. The average molecular weight is 259 g/mol. The van der Waals surface area contributed by atoms with Crippen LogP contribution in [0, 0.1) is 0 Å². The Bertz CT molecular complexity index is 247. The monoisotopic (exact) mass is 259 g/mol. The van der Waals surface area contributed by atoms with Crippen LogP contribution < -0.4 is 16.0 Å². The quantitative estimate of drug-likeness (QED) is 0.468. The predicted octanol–water partition coefficient (Wildman–Crippen LogP) is -0.357. The Hall–Kier alpha value is -1.14. The van der Waals surface area contributed by atoms with E-state index in [0.29, 0.717) is 26.1 Å². The maximum absolute atomic E-state index is 11.4. The van der Waals surface area contributed by atoms with Crippen molar-refractivity contribution in [3.63, 3.8) is 0 Å². The van der Waals surface area contributed by atoms with Gasteiger partial charge < -0.3 is 20.7 Å². The van der Waals surface area contributed by atoms with Crippen molar-refractivity contribution in [2.75, 3.05) is 33.4 Å². The molecule has 0 aliphatic rings. The topological polar surface area (TPSA) is 79.5 Å². The first-order valence-corrected chi connectivity index (χ1v) is 6.35. The fourth-order valence-electron chi connectivity index (χ4n) is 1.20. The summed E-state index contributed by atoms with van der Waals surface area (Å²) in [5.41, 5.74) is 0. The van der Waals surface area contributed by atoms with Crippen LogP contribution in [0.2, 0.25) is 0 Å². The third-order valence-electron chi connectivity index (χ3n) is 2.46. The van der Waals surface area contributed by atoms with E-state index in [4.69, 9.17) is 4.74 Å². The van der Waals surface area contributed by atoms with E-state index in [0.717, 1.165) is 6.42 Å². The summed E-state index contributed by atoms with van der Waals surface area (Å²) in [5.74, 6) is -0.139. The molecule has 0 saturated carbocycles. The van der Waals surface area contributed by atoms with Gasteiger partial charge in [0.05, 0.1) is 13.2 Å². The minimum atomic E-state index is -0.109. The highest BCUT2D eigenvalue weighted by Crippen LogP contribution is 1.88. The van der Waals surface area contributed by atoms with Crippen molar-refractivity contribution in [3.8, 4) is 0 Å². The molecule has 0 aromatic carbocycles. The molecule has 0 radical (unpaired) electrons. The molecule has 0 aliphatic carbocycles. The number of methoxy groups -OCH3 is 1. The molecule has 0 saturated heterocycles. The normalized spacial score (nSPS) is 11.9. The Morgan fingerprint density at radius 1 is 1.22 bits per heavy atom. The Morgan fingerprint density at radius 3 is 2.56 bits per heavy atom. The van der Waals surface area contributed by atoms with Crippen molar-refractivity contribution in [3.05, 3.63) is 0 Å². The van der Waals surface area contributed by atoms with Crippen LogP contribution in [0.15, 0.2) is 0 Å². The second kappa shape index (κ2) is 11.0. The molecule has 0 rings (SSSR count). The molecule has 1 atom stereocenters. The van der Waals surface area contributed by atoms with Crippen molar-refractivity contribution in [2.45, 2.75) is 32.7 Å². The highest BCUT2D eigenvalue weighted by Gasteiger charge is 2.06. The summed E-state index contributed by atoms with van der Waals surface area (Å²) in [6.45, 7) is 5.79. The number of ether oxygens (including phenoxy) is 1. The molecule has 0 aromatic heterocycles. The second-order valence-corrected chi connectivity index (χ2v) is 4.15. The first-order chi connectivity index (χ1) is 8.60. The molecule has 3 N–H and O–H groups in total. The highest BCUT2D eigenvalue weighted by molar-refractivity contribution is 5.80. The largest absolute Gasteiger partial charge is 0.383 e. The summed E-state index contributed by atoms with van der Waals surface area (Å²) < 4.78 is 4.84. The molecule has 2 amide bonds. The molecule has 0 spiro atoms. The van der Waals surface area contributed by atoms with E-state index >= 15 is 0 Å². The van der Waals surface area contributed by atoms with E-state index in [2.05, 4.69) is 16.0 Å². The predicted molar refractivity (Wildman–Crippen MR) is 70.3 cm³/mol. The van der Waals surface area contributed by atoms with Gasteiger partial charge in [-0.25, -0.2) is 0 Å². The number of nitrogens with one attached hydrogen (secondary N) is 3. The molecular weight excluding hydrogens is 234 g/mol. The molecule has 6 heteroatoms. The van der Waals surface area contributed by atoms with Crippen LogP contribution in [0.25, 0.3) is 0 Å². The summed E-state index contributed by atoms with van der Waals surface area (Å²) in [4.78, 5) is 22.7. The Labute approximate surface area is 109 Å². The minimum absolute atomic E-state index is 0.0306. The van der Waals surface area contributed by atoms with Crippen LogP contribution >= 0.6 is 0 Å². The third kappa shape index (κ3) is 10.0. The van der Waals surface area contributed by atoms with E-state index in [1.165, 1.54) is 0 Å². The van der Waals surface area contributed by atoms with Gasteiger partial charge in [-0.15, -0.1) is 0 Å². The van der Waals surface area contributed by atoms with E-state index in [1.807, 2.05) is 13.8 Å². The van der Waals surface area contributed by atoms with Crippen LogP contribution in [0.5, 0.6) is 0 Å². The molecule has 18 heavy (non-hydrogen) atoms. The van der Waals surface area contributed by atoms with Crippen molar-refractivity contribution in [2.24, 2.45) is 0 Å². The lowest BCUT2D eigenvalue weighted by atomic mass is 10.2. The van der Waals surface area contributed by atoms with Crippen LogP contribution in [-0.4, -0.2) is 51.2 Å². The maximum atomic E-state index is 11.4. The molecule has 0 aliphatic heterocycles. The Balaban J connectivity index is 3.47. The lowest BCUT2D eigenvalue weighted by Gasteiger charge is -2.11. The van der Waals surface area contributed by atoms with Gasteiger partial charge in [-0.05, 0) is 13.3 Å². The van der Waals surface area contributed by atoms with Crippen molar-refractivity contribution < 1.29 is 14.3 Å². The lowest BCUT2D eigenvalue weighted by Crippen LogP contribution is -2.38. The fraction of sp³-hybridized carbons (Fsp3) is 0.833. The van der Waals surface area contributed by atoms with Crippen molar-refractivity contribution >= 4 is 11.8 Å². The summed E-state index contributed by atoms with van der Waals surface area (Å²) >= 11 is 0. The minimum Gasteiger partial charge on any atom is -0.383 e. The molecular formula is C12H25N3O3. The zero-order valence-electron chi connectivity index (χ0n) is 11.5. The van der Waals surface area contributed by atoms with Gasteiger partial charge in [-0.1, -0.05) is 6.92 Å². The Kier molecular flexibility index (Phi) is 10.3. The summed E-state index contributed by atoms with van der Waals surface area (Å²) in [7, 11) is 1.61. The second-order valence-electron chi connectivity index (χ2n) is 4.15. The van der Waals surface area contributed by atoms with Gasteiger partial charge in [0.2, 0.25) is 11.8 Å². The lowest BCUT2D eigenvalue weighted by molar-refractivity contribution is -0.122. The maximum Gasteiger partial charge on any atom is 0.233 e. The number of hydrogen-bond acceptors (Lipinski definition) is 4. The first-order valence-electron chi connectivity index (χ1n) is 6.35. The number of hydrogen-bond donors (Lipinski definition) is 3. The first kappa shape index (κ1) is 16.9. The molecule has 6 nitrogen and oxygen atoms in total. The van der Waals surface area contributed by atoms with Crippen LogP contribution in [0.4, 0.5) is 0 Å². The van der Waals surface area contributed by atoms with Crippen molar-refractivity contribution in [1.29, 1.82) is 0 Å². The molecule has 106 valence electrons. The van der Waals surface area contributed by atoms with Gasteiger partial charge in [-0.2, -0.15) is 0 Å². The smallest absolute Gasteiger partial charge is 0.233 e. The van der Waals surface area contributed by atoms with Gasteiger partial charge in [0.25, 0.3) is 0 Å². The van der Waals surface area contributed by atoms with Gasteiger partial charge in [0.1, 0.15) is 0 Å². The average Bonchev–Trinajstić information content (AvgIpc) is 2.34. The van der Waals surface area contributed by atoms with E-state index < -0.39 is 0 Å². The third-order valence-corrected chi connectivity index (χ3v) is 2.46.